The van der Waals surface area contributed by atoms with Crippen LogP contribution in [0.3, 0.4) is 0 Å². The minimum Gasteiger partial charge on any atom is -0.472 e. The van der Waals surface area contributed by atoms with E-state index in [9.17, 15) is 10.2 Å². The summed E-state index contributed by atoms with van der Waals surface area (Å²) in [4.78, 5) is 4.20. The first-order chi connectivity index (χ1) is 19.9. The van der Waals surface area contributed by atoms with Gasteiger partial charge in [0.2, 0.25) is 11.6 Å². The molecule has 4 rings (SSSR count). The molecule has 4 heterocycles. The summed E-state index contributed by atoms with van der Waals surface area (Å²) in [6.07, 6.45) is -1.16. The topological polar surface area (TPSA) is 191 Å². The first kappa shape index (κ1) is 37.2. The largest absolute Gasteiger partial charge is 0.472 e. The van der Waals surface area contributed by atoms with Gasteiger partial charge in [-0.3, -0.25) is 0 Å². The molecule has 2 aliphatic rings. The molecule has 15 nitrogen and oxygen atoms in total. The average molecular weight is 651 g/mol. The van der Waals surface area contributed by atoms with Gasteiger partial charge in [0.25, 0.3) is 11.8 Å². The van der Waals surface area contributed by atoms with Crippen LogP contribution in [0.1, 0.15) is 41.5 Å². The van der Waals surface area contributed by atoms with Crippen LogP contribution >= 0.6 is 23.5 Å². The molecular formula is C26H50N8O7S2. The quantitative estimate of drug-likeness (QED) is 0.243. The summed E-state index contributed by atoms with van der Waals surface area (Å²) in [5.41, 5.74) is -0.0513. The number of aliphatic hydroxyl groups excluding tert-OH is 2. The molecule has 0 aromatic carbocycles. The predicted molar refractivity (Wildman–Crippen MR) is 168 cm³/mol. The molecule has 0 aliphatic carbocycles. The maximum absolute atomic E-state index is 9.95. The van der Waals surface area contributed by atoms with Crippen molar-refractivity contribution in [2.75, 3.05) is 88.7 Å². The number of morpholine rings is 2. The number of rotatable bonds is 12. The number of ether oxygens (including phenoxy) is 4. The fourth-order valence-electron chi connectivity index (χ4n) is 3.79. The molecule has 0 spiro atoms. The first-order valence-corrected chi connectivity index (χ1v) is 15.8. The van der Waals surface area contributed by atoms with Crippen LogP contribution in [0.5, 0.6) is 11.8 Å². The smallest absolute Gasteiger partial charge is 0.270 e. The second-order valence-corrected chi connectivity index (χ2v) is 13.2. The molecule has 2 aromatic heterocycles. The lowest BCUT2D eigenvalue weighted by atomic mass is 10.1. The molecule has 0 radical (unpaired) electrons. The Labute approximate surface area is 262 Å². The predicted octanol–water partition coefficient (Wildman–Crippen LogP) is 0.180. The number of aliphatic hydroxyl groups is 2. The van der Waals surface area contributed by atoms with Gasteiger partial charge in [0, 0.05) is 50.3 Å². The van der Waals surface area contributed by atoms with E-state index in [1.54, 1.807) is 0 Å². The van der Waals surface area contributed by atoms with E-state index in [4.69, 9.17) is 18.9 Å². The molecule has 2 unspecified atom stereocenters. The van der Waals surface area contributed by atoms with Crippen molar-refractivity contribution in [2.24, 2.45) is 0 Å². The minimum atomic E-state index is -0.580. The Morgan fingerprint density at radius 3 is 1.37 bits per heavy atom. The molecule has 43 heavy (non-hydrogen) atoms. The zero-order valence-electron chi connectivity index (χ0n) is 26.2. The van der Waals surface area contributed by atoms with E-state index < -0.39 is 12.2 Å². The monoisotopic (exact) mass is 650 g/mol. The fraction of sp³-hybridized carbons (Fsp3) is 0.846. The van der Waals surface area contributed by atoms with Crippen molar-refractivity contribution in [2.45, 2.75) is 64.8 Å². The van der Waals surface area contributed by atoms with Crippen LogP contribution in [-0.4, -0.2) is 135 Å². The molecule has 248 valence electrons. The average Bonchev–Trinajstić information content (AvgIpc) is 3.63. The van der Waals surface area contributed by atoms with Crippen LogP contribution in [0.4, 0.5) is 11.6 Å². The Balaban J connectivity index is 0.000000293. The van der Waals surface area contributed by atoms with Gasteiger partial charge in [-0.05, 0) is 41.5 Å². The van der Waals surface area contributed by atoms with E-state index in [2.05, 4.69) is 79.5 Å². The lowest BCUT2D eigenvalue weighted by Gasteiger charge is -2.27. The maximum Gasteiger partial charge on any atom is 0.270 e. The van der Waals surface area contributed by atoms with Gasteiger partial charge in [-0.25, -0.2) is 0 Å². The SMILES string of the molecule is CC(C)(C)NCC(O)COc1nsnc1N1CCOCC1.CC(C)(C)NCC(O)COc1nsnc1N1CCOCC1.O. The highest BCUT2D eigenvalue weighted by Crippen LogP contribution is 2.27. The number of anilines is 2. The summed E-state index contributed by atoms with van der Waals surface area (Å²) in [7, 11) is 0. The van der Waals surface area contributed by atoms with E-state index in [1.165, 1.54) is 0 Å². The third-order valence-electron chi connectivity index (χ3n) is 6.07. The van der Waals surface area contributed by atoms with Gasteiger partial charge in [0.05, 0.1) is 49.9 Å². The Hall–Kier alpha value is -1.96. The van der Waals surface area contributed by atoms with Gasteiger partial charge < -0.3 is 55.1 Å². The van der Waals surface area contributed by atoms with Crippen molar-refractivity contribution >= 4 is 35.1 Å². The van der Waals surface area contributed by atoms with Crippen LogP contribution in [0.25, 0.3) is 0 Å². The molecule has 2 atom stereocenters. The summed E-state index contributed by atoms with van der Waals surface area (Å²) < 4.78 is 38.8. The molecule has 0 amide bonds. The van der Waals surface area contributed by atoms with Crippen LogP contribution in [0.2, 0.25) is 0 Å². The van der Waals surface area contributed by atoms with Crippen LogP contribution in [-0.2, 0) is 9.47 Å². The molecule has 6 N–H and O–H groups in total. The van der Waals surface area contributed by atoms with Crippen LogP contribution in [0.15, 0.2) is 0 Å². The van der Waals surface area contributed by atoms with Crippen molar-refractivity contribution in [3.8, 4) is 11.8 Å². The van der Waals surface area contributed by atoms with Crippen LogP contribution in [0, 0.1) is 0 Å². The maximum atomic E-state index is 9.95. The van der Waals surface area contributed by atoms with Gasteiger partial charge in [-0.15, -0.1) is 8.75 Å². The summed E-state index contributed by atoms with van der Waals surface area (Å²) in [5.74, 6) is 2.49. The summed E-state index contributed by atoms with van der Waals surface area (Å²) >= 11 is 2.25. The van der Waals surface area contributed by atoms with Crippen LogP contribution < -0.4 is 29.9 Å². The fourth-order valence-corrected chi connectivity index (χ4v) is 4.83. The van der Waals surface area contributed by atoms with Gasteiger partial charge in [-0.1, -0.05) is 0 Å². The number of aromatic nitrogens is 4. The van der Waals surface area contributed by atoms with Crippen molar-refractivity contribution in [1.29, 1.82) is 0 Å². The Bertz CT molecular complexity index is 942. The summed E-state index contributed by atoms with van der Waals surface area (Å²) in [6.45, 7) is 19.6. The molecule has 2 fully saturated rings. The zero-order chi connectivity index (χ0) is 30.6. The lowest BCUT2D eigenvalue weighted by molar-refractivity contribution is 0.0974. The van der Waals surface area contributed by atoms with Crippen molar-refractivity contribution in [3.05, 3.63) is 0 Å². The Morgan fingerprint density at radius 1 is 0.698 bits per heavy atom. The molecule has 2 saturated heterocycles. The number of hydrogen-bond acceptors (Lipinski definition) is 16. The van der Waals surface area contributed by atoms with E-state index in [0.717, 1.165) is 61.3 Å². The van der Waals surface area contributed by atoms with E-state index in [1.807, 2.05) is 0 Å². The number of hydrogen-bond donors (Lipinski definition) is 4. The molecular weight excluding hydrogens is 600 g/mol. The molecule has 17 heteroatoms. The molecule has 2 aliphatic heterocycles. The Morgan fingerprint density at radius 2 is 1.05 bits per heavy atom. The highest BCUT2D eigenvalue weighted by Gasteiger charge is 2.22. The van der Waals surface area contributed by atoms with E-state index >= 15 is 0 Å². The standard InChI is InChI=1S/2C13H24N4O3S.H2O/c2*1-13(2,3)14-8-10(18)9-20-12-11(15-21-16-12)17-4-6-19-7-5-17;/h2*10,14,18H,4-9H2,1-3H3;1H2. The molecule has 2 aromatic rings. The molecule has 0 saturated carbocycles. The third-order valence-corrected chi connectivity index (χ3v) is 7.07. The summed E-state index contributed by atoms with van der Waals surface area (Å²) in [6, 6.07) is 0. The van der Waals surface area contributed by atoms with E-state index in [0.29, 0.717) is 51.3 Å². The number of nitrogens with one attached hydrogen (secondary N) is 2. The summed E-state index contributed by atoms with van der Waals surface area (Å²) in [5, 5.41) is 26.4. The third kappa shape index (κ3) is 14.1. The van der Waals surface area contributed by atoms with Crippen molar-refractivity contribution in [3.63, 3.8) is 0 Å². The van der Waals surface area contributed by atoms with Crippen molar-refractivity contribution in [1.82, 2.24) is 28.1 Å². The normalized spacial score (nSPS) is 17.4. The highest BCUT2D eigenvalue weighted by atomic mass is 32.1. The number of β-amino-alcohol motifs (C(OH)–C–C–N with tert-alkyl or cyclic N) is 2. The van der Waals surface area contributed by atoms with Gasteiger partial charge >= 0.3 is 0 Å². The number of nitrogens with zero attached hydrogens (tertiary/aromatic N) is 6. The Kier molecular flexibility index (Phi) is 15.7. The first-order valence-electron chi connectivity index (χ1n) is 14.3. The second-order valence-electron chi connectivity index (χ2n) is 12.2. The second kappa shape index (κ2) is 18.1. The van der Waals surface area contributed by atoms with E-state index in [-0.39, 0.29) is 29.8 Å². The highest BCUT2D eigenvalue weighted by molar-refractivity contribution is 6.99. The van der Waals surface area contributed by atoms with Gasteiger partial charge in [-0.2, -0.15) is 8.75 Å². The minimum absolute atomic E-state index is 0. The zero-order valence-corrected chi connectivity index (χ0v) is 27.8. The van der Waals surface area contributed by atoms with Gasteiger partial charge in [0.1, 0.15) is 25.4 Å². The van der Waals surface area contributed by atoms with Crippen molar-refractivity contribution < 1.29 is 34.6 Å². The molecule has 0 bridgehead atoms. The van der Waals surface area contributed by atoms with Gasteiger partial charge in [0.15, 0.2) is 0 Å². The lowest BCUT2D eigenvalue weighted by Crippen LogP contribution is -2.42.